The minimum Gasteiger partial charge on any atom is -0.360 e. The maximum atomic E-state index is 13.2. The van der Waals surface area contributed by atoms with E-state index in [1.165, 1.54) is 55.7 Å². The lowest BCUT2D eigenvalue weighted by Gasteiger charge is -2.26. The summed E-state index contributed by atoms with van der Waals surface area (Å²) in [6.07, 6.45) is 4.24. The molecule has 4 rings (SSSR count). The summed E-state index contributed by atoms with van der Waals surface area (Å²) >= 11 is 0. The van der Waals surface area contributed by atoms with Gasteiger partial charge < -0.3 is 9.88 Å². The first-order valence-corrected chi connectivity index (χ1v) is 11.4. The molecule has 1 amide bonds. The van der Waals surface area contributed by atoms with Crippen LogP contribution in [-0.4, -0.2) is 44.3 Å². The Balaban J connectivity index is 1.74. The van der Waals surface area contributed by atoms with Crippen molar-refractivity contribution >= 4 is 32.5 Å². The molecule has 0 saturated carbocycles. The molecule has 1 N–H and O–H groups in total. The molecule has 0 unspecified atom stereocenters. The van der Waals surface area contributed by atoms with Crippen molar-refractivity contribution in [2.75, 3.05) is 24.4 Å². The number of amides is 1. The summed E-state index contributed by atoms with van der Waals surface area (Å²) in [5, 5.41) is 0.122. The first-order chi connectivity index (χ1) is 14.8. The van der Waals surface area contributed by atoms with Crippen molar-refractivity contribution in [3.8, 4) is 0 Å². The van der Waals surface area contributed by atoms with Crippen LogP contribution in [0.4, 0.5) is 10.1 Å². The van der Waals surface area contributed by atoms with Crippen molar-refractivity contribution in [1.29, 1.82) is 0 Å². The van der Waals surface area contributed by atoms with Crippen molar-refractivity contribution in [2.24, 2.45) is 0 Å². The second kappa shape index (κ2) is 8.14. The Morgan fingerprint density at radius 1 is 1.06 bits per heavy atom. The molecule has 2 aromatic carbocycles. The van der Waals surface area contributed by atoms with Crippen molar-refractivity contribution in [3.63, 3.8) is 0 Å². The van der Waals surface area contributed by atoms with Gasteiger partial charge in [-0.1, -0.05) is 0 Å². The van der Waals surface area contributed by atoms with Gasteiger partial charge in [-0.15, -0.1) is 0 Å². The Morgan fingerprint density at radius 3 is 2.42 bits per heavy atom. The lowest BCUT2D eigenvalue weighted by molar-refractivity contribution is 0.0723. The molecular weight excluding hydrogens is 421 g/mol. The highest BCUT2D eigenvalue weighted by molar-refractivity contribution is 7.92. The van der Waals surface area contributed by atoms with E-state index in [1.807, 2.05) is 0 Å². The van der Waals surface area contributed by atoms with E-state index >= 15 is 0 Å². The van der Waals surface area contributed by atoms with E-state index in [1.54, 1.807) is 4.90 Å². The minimum atomic E-state index is -4.00. The number of piperidine rings is 1. The number of benzene rings is 2. The number of aromatic nitrogens is 1. The third-order valence-corrected chi connectivity index (χ3v) is 7.36. The van der Waals surface area contributed by atoms with Gasteiger partial charge in [-0.05, 0) is 61.7 Å². The SMILES string of the molecule is CN(c1ccc(F)cc1)S(=O)(=O)c1ccc2[nH]cc(C(=O)N3CCCCC3)c(=O)c2c1. The Labute approximate surface area is 179 Å². The summed E-state index contributed by atoms with van der Waals surface area (Å²) in [5.74, 6) is -0.822. The maximum absolute atomic E-state index is 13.2. The predicted octanol–water partition coefficient (Wildman–Crippen LogP) is 3.12. The Kier molecular flexibility index (Phi) is 5.53. The molecule has 3 aromatic rings. The summed E-state index contributed by atoms with van der Waals surface area (Å²) in [4.78, 5) is 30.4. The highest BCUT2D eigenvalue weighted by Crippen LogP contribution is 2.24. The molecule has 1 aromatic heterocycles. The summed E-state index contributed by atoms with van der Waals surface area (Å²) in [6, 6.07) is 9.22. The van der Waals surface area contributed by atoms with E-state index in [0.717, 1.165) is 23.6 Å². The molecule has 0 aliphatic carbocycles. The first kappa shape index (κ1) is 21.0. The van der Waals surface area contributed by atoms with Crippen LogP contribution < -0.4 is 9.73 Å². The molecule has 7 nitrogen and oxygen atoms in total. The fourth-order valence-electron chi connectivity index (χ4n) is 3.73. The third-order valence-electron chi connectivity index (χ3n) is 5.57. The summed E-state index contributed by atoms with van der Waals surface area (Å²) in [6.45, 7) is 1.21. The van der Waals surface area contributed by atoms with Crippen molar-refractivity contribution in [2.45, 2.75) is 24.2 Å². The molecule has 9 heteroatoms. The van der Waals surface area contributed by atoms with E-state index in [9.17, 15) is 22.4 Å². The predicted molar refractivity (Wildman–Crippen MR) is 116 cm³/mol. The lowest BCUT2D eigenvalue weighted by Crippen LogP contribution is -2.38. The van der Waals surface area contributed by atoms with Gasteiger partial charge in [-0.25, -0.2) is 12.8 Å². The largest absolute Gasteiger partial charge is 0.360 e. The van der Waals surface area contributed by atoms with Crippen LogP contribution >= 0.6 is 0 Å². The van der Waals surface area contributed by atoms with Crippen LogP contribution in [0.15, 0.2) is 58.4 Å². The average molecular weight is 444 g/mol. The molecule has 0 atom stereocenters. The molecule has 0 radical (unpaired) electrons. The second-order valence-electron chi connectivity index (χ2n) is 7.54. The number of aromatic amines is 1. The number of hydrogen-bond acceptors (Lipinski definition) is 4. The average Bonchev–Trinajstić information content (AvgIpc) is 2.79. The maximum Gasteiger partial charge on any atom is 0.264 e. The zero-order chi connectivity index (χ0) is 22.2. The fraction of sp³-hybridized carbons (Fsp3) is 0.273. The minimum absolute atomic E-state index is 0.00385. The van der Waals surface area contributed by atoms with E-state index < -0.39 is 21.3 Å². The van der Waals surface area contributed by atoms with E-state index in [-0.39, 0.29) is 27.4 Å². The number of likely N-dealkylation sites (tertiary alicyclic amines) is 1. The van der Waals surface area contributed by atoms with Gasteiger partial charge in [0.2, 0.25) is 5.43 Å². The van der Waals surface area contributed by atoms with Crippen LogP contribution in [0.5, 0.6) is 0 Å². The van der Waals surface area contributed by atoms with Gasteiger partial charge in [0.15, 0.2) is 0 Å². The molecule has 1 saturated heterocycles. The van der Waals surface area contributed by atoms with E-state index in [4.69, 9.17) is 0 Å². The zero-order valence-corrected chi connectivity index (χ0v) is 17.8. The number of anilines is 1. The van der Waals surface area contributed by atoms with Crippen LogP contribution in [0.2, 0.25) is 0 Å². The number of nitrogens with zero attached hydrogens (tertiary/aromatic N) is 2. The number of hydrogen-bond donors (Lipinski definition) is 1. The molecule has 31 heavy (non-hydrogen) atoms. The normalized spacial score (nSPS) is 14.6. The summed E-state index contributed by atoms with van der Waals surface area (Å²) in [7, 11) is -2.65. The Bertz CT molecular complexity index is 1300. The van der Waals surface area contributed by atoms with Gasteiger partial charge in [0, 0.05) is 37.2 Å². The number of fused-ring (bicyclic) bond motifs is 1. The second-order valence-corrected chi connectivity index (χ2v) is 9.51. The summed E-state index contributed by atoms with van der Waals surface area (Å²) < 4.78 is 40.4. The van der Waals surface area contributed by atoms with Crippen molar-refractivity contribution < 1.29 is 17.6 Å². The molecule has 1 fully saturated rings. The molecule has 0 bridgehead atoms. The van der Waals surface area contributed by atoms with E-state index in [0.29, 0.717) is 18.6 Å². The first-order valence-electron chi connectivity index (χ1n) is 9.98. The van der Waals surface area contributed by atoms with Crippen LogP contribution in [0.3, 0.4) is 0 Å². The van der Waals surface area contributed by atoms with Gasteiger partial charge in [0.05, 0.1) is 10.6 Å². The highest BCUT2D eigenvalue weighted by Gasteiger charge is 2.24. The number of H-pyrrole nitrogens is 1. The molecule has 162 valence electrons. The number of rotatable bonds is 4. The van der Waals surface area contributed by atoms with Crippen LogP contribution in [0.25, 0.3) is 10.9 Å². The van der Waals surface area contributed by atoms with Crippen molar-refractivity contribution in [1.82, 2.24) is 9.88 Å². The number of pyridine rings is 1. The van der Waals surface area contributed by atoms with Crippen LogP contribution in [0, 0.1) is 5.82 Å². The topological polar surface area (TPSA) is 90.6 Å². The monoisotopic (exact) mass is 443 g/mol. The zero-order valence-electron chi connectivity index (χ0n) is 17.0. The highest BCUT2D eigenvalue weighted by atomic mass is 32.2. The number of sulfonamides is 1. The summed E-state index contributed by atoms with van der Waals surface area (Å²) in [5.41, 5.74) is 0.203. The molecular formula is C22H22FN3O4S. The van der Waals surface area contributed by atoms with Gasteiger partial charge in [0.1, 0.15) is 11.4 Å². The van der Waals surface area contributed by atoms with Gasteiger partial charge in [-0.2, -0.15) is 0 Å². The smallest absolute Gasteiger partial charge is 0.264 e. The molecule has 1 aliphatic rings. The Hall–Kier alpha value is -3.20. The number of carbonyl (C=O) groups excluding carboxylic acids is 1. The fourth-order valence-corrected chi connectivity index (χ4v) is 4.95. The molecule has 0 spiro atoms. The number of nitrogens with one attached hydrogen (secondary N) is 1. The van der Waals surface area contributed by atoms with Crippen LogP contribution in [0.1, 0.15) is 29.6 Å². The van der Waals surface area contributed by atoms with Crippen molar-refractivity contribution in [3.05, 3.63) is 70.3 Å². The van der Waals surface area contributed by atoms with Gasteiger partial charge >= 0.3 is 0 Å². The van der Waals surface area contributed by atoms with Crippen LogP contribution in [-0.2, 0) is 10.0 Å². The lowest BCUT2D eigenvalue weighted by atomic mass is 10.1. The Morgan fingerprint density at radius 2 is 1.74 bits per heavy atom. The molecule has 2 heterocycles. The quantitative estimate of drug-likeness (QED) is 0.671. The number of carbonyl (C=O) groups is 1. The third kappa shape index (κ3) is 3.93. The number of halogens is 1. The van der Waals surface area contributed by atoms with Gasteiger partial charge in [0.25, 0.3) is 15.9 Å². The van der Waals surface area contributed by atoms with E-state index in [2.05, 4.69) is 4.98 Å². The molecule has 1 aliphatic heterocycles. The standard InChI is InChI=1S/C22H22FN3O4S/c1-25(16-7-5-15(23)6-8-16)31(29,30)17-9-10-20-18(13-17)21(27)19(14-24-20)22(28)26-11-3-2-4-12-26/h5-10,13-14H,2-4,11-12H2,1H3,(H,24,27). The van der Waals surface area contributed by atoms with Gasteiger partial charge in [-0.3, -0.25) is 13.9 Å².